The van der Waals surface area contributed by atoms with Crippen molar-refractivity contribution in [2.75, 3.05) is 27.2 Å². The molecule has 0 saturated carbocycles. The molecule has 0 fully saturated rings. The van der Waals surface area contributed by atoms with Gasteiger partial charge in [0.05, 0.1) is 27.2 Å². The van der Waals surface area contributed by atoms with Crippen LogP contribution in [0.15, 0.2) is 0 Å². The Morgan fingerprint density at radius 2 is 0.510 bits per heavy atom. The van der Waals surface area contributed by atoms with Crippen LogP contribution in [0.2, 0.25) is 0 Å². The highest BCUT2D eigenvalue weighted by atomic mass is 16.4. The summed E-state index contributed by atoms with van der Waals surface area (Å²) in [5.74, 6) is -0.920. The molecule has 0 rings (SSSR count). The molecule has 49 heavy (non-hydrogen) atoms. The molecule has 296 valence electrons. The fourth-order valence-electron chi connectivity index (χ4n) is 7.16. The number of unbranched alkanes of at least 4 members (excludes halogenated alkanes) is 34. The lowest BCUT2D eigenvalue weighted by molar-refractivity contribution is -0.890. The third-order valence-electron chi connectivity index (χ3n) is 10.7. The Bertz CT molecular complexity index is 566. The van der Waals surface area contributed by atoms with E-state index in [1.54, 1.807) is 0 Å². The Balaban J connectivity index is 0. The van der Waals surface area contributed by atoms with Crippen molar-refractivity contribution in [2.45, 2.75) is 265 Å². The van der Waals surface area contributed by atoms with Gasteiger partial charge >= 0.3 is 0 Å². The molecule has 0 aromatic carbocycles. The topological polar surface area (TPSA) is 40.1 Å². The molecule has 0 N–H and O–H groups in total. The standard InChI is InChI=1S/C38H80N.C8H16O2/c1-5-7-9-11-13-15-17-19-21-23-25-27-29-31-33-35-37-39(3,4)38-36-34-32-30-28-26-24-22-20-18-16-14-12-10-8-6-2;1-2-3-4-5-6-7-8(9)10/h5-38H2,1-4H3;2-7H2,1H3,(H,9,10)/q+1;/p-1. The summed E-state index contributed by atoms with van der Waals surface area (Å²) >= 11 is 0. The van der Waals surface area contributed by atoms with Gasteiger partial charge in [0.15, 0.2) is 0 Å². The fraction of sp³-hybridized carbons (Fsp3) is 0.978. The van der Waals surface area contributed by atoms with Crippen LogP contribution >= 0.6 is 0 Å². The molecule has 0 aliphatic rings. The van der Waals surface area contributed by atoms with Gasteiger partial charge in [-0.15, -0.1) is 0 Å². The van der Waals surface area contributed by atoms with E-state index in [4.69, 9.17) is 0 Å². The largest absolute Gasteiger partial charge is 0.550 e. The number of quaternary nitrogens is 1. The van der Waals surface area contributed by atoms with Crippen LogP contribution in [0.3, 0.4) is 0 Å². The zero-order valence-electron chi connectivity index (χ0n) is 35.0. The number of carbonyl (C=O) groups is 1. The second-order valence-electron chi connectivity index (χ2n) is 16.5. The van der Waals surface area contributed by atoms with Crippen molar-refractivity contribution in [1.82, 2.24) is 0 Å². The summed E-state index contributed by atoms with van der Waals surface area (Å²) in [5.41, 5.74) is 0. The van der Waals surface area contributed by atoms with E-state index in [0.29, 0.717) is 0 Å². The number of carboxylic acids is 1. The van der Waals surface area contributed by atoms with Gasteiger partial charge in [0.2, 0.25) is 0 Å². The van der Waals surface area contributed by atoms with Crippen LogP contribution in [0.1, 0.15) is 265 Å². The number of hydrogen-bond donors (Lipinski definition) is 0. The predicted octanol–water partition coefficient (Wildman–Crippen LogP) is 14.7. The smallest absolute Gasteiger partial charge is 0.0782 e. The van der Waals surface area contributed by atoms with Crippen LogP contribution in [-0.2, 0) is 4.79 Å². The quantitative estimate of drug-likeness (QED) is 0.0473. The van der Waals surface area contributed by atoms with Crippen molar-refractivity contribution in [2.24, 2.45) is 0 Å². The van der Waals surface area contributed by atoms with Gasteiger partial charge in [-0.3, -0.25) is 0 Å². The monoisotopic (exact) mass is 694 g/mol. The first kappa shape index (κ1) is 50.5. The minimum atomic E-state index is -0.920. The highest BCUT2D eigenvalue weighted by molar-refractivity contribution is 5.64. The van der Waals surface area contributed by atoms with E-state index in [0.717, 1.165) is 19.3 Å². The molecule has 0 amide bonds. The first-order valence-corrected chi connectivity index (χ1v) is 22.9. The van der Waals surface area contributed by atoms with Crippen molar-refractivity contribution < 1.29 is 14.4 Å². The molecule has 0 aromatic heterocycles. The van der Waals surface area contributed by atoms with Gasteiger partial charge in [-0.2, -0.15) is 0 Å². The van der Waals surface area contributed by atoms with Crippen LogP contribution in [0, 0.1) is 0 Å². The second kappa shape index (κ2) is 43.6. The van der Waals surface area contributed by atoms with E-state index >= 15 is 0 Å². The highest BCUT2D eigenvalue weighted by Crippen LogP contribution is 2.16. The van der Waals surface area contributed by atoms with Crippen LogP contribution in [0.25, 0.3) is 0 Å². The molecule has 0 aromatic rings. The minimum Gasteiger partial charge on any atom is -0.550 e. The van der Waals surface area contributed by atoms with Gasteiger partial charge in [-0.1, -0.05) is 226 Å². The number of nitrogens with zero attached hydrogens (tertiary/aromatic N) is 1. The minimum absolute atomic E-state index is 0.226. The fourth-order valence-corrected chi connectivity index (χ4v) is 7.16. The van der Waals surface area contributed by atoms with E-state index in [9.17, 15) is 9.90 Å². The molecule has 0 radical (unpaired) electrons. The maximum absolute atomic E-state index is 9.92. The van der Waals surface area contributed by atoms with Gasteiger partial charge in [0, 0.05) is 5.97 Å². The molecule has 0 unspecified atom stereocenters. The predicted molar refractivity (Wildman–Crippen MR) is 219 cm³/mol. The Morgan fingerprint density at radius 3 is 0.714 bits per heavy atom. The summed E-state index contributed by atoms with van der Waals surface area (Å²) in [4.78, 5) is 9.92. The number of rotatable bonds is 40. The van der Waals surface area contributed by atoms with Crippen molar-refractivity contribution in [3.8, 4) is 0 Å². The summed E-state index contributed by atoms with van der Waals surface area (Å²) in [6.45, 7) is 9.53. The maximum atomic E-state index is 9.92. The molecule has 0 spiro atoms. The Morgan fingerprint density at radius 1 is 0.327 bits per heavy atom. The van der Waals surface area contributed by atoms with E-state index in [2.05, 4.69) is 34.9 Å². The molecule has 3 heteroatoms. The summed E-state index contributed by atoms with van der Waals surface area (Å²) < 4.78 is 1.25. The lowest BCUT2D eigenvalue weighted by Gasteiger charge is -2.30. The lowest BCUT2D eigenvalue weighted by atomic mass is 10.0. The first-order chi connectivity index (χ1) is 23.9. The molecule has 0 atom stereocenters. The Hall–Kier alpha value is -0.570. The number of carboxylic acid groups (broad SMARTS) is 1. The third-order valence-corrected chi connectivity index (χ3v) is 10.7. The van der Waals surface area contributed by atoms with Crippen LogP contribution in [0.5, 0.6) is 0 Å². The highest BCUT2D eigenvalue weighted by Gasteiger charge is 2.13. The van der Waals surface area contributed by atoms with E-state index < -0.39 is 5.97 Å². The zero-order chi connectivity index (χ0) is 36.4. The average molecular weight is 694 g/mol. The zero-order valence-corrected chi connectivity index (χ0v) is 35.0. The third kappa shape index (κ3) is 49.6. The molecular formula is C46H95NO2. The van der Waals surface area contributed by atoms with E-state index in [1.165, 1.54) is 236 Å². The maximum Gasteiger partial charge on any atom is 0.0782 e. The first-order valence-electron chi connectivity index (χ1n) is 22.9. The van der Waals surface area contributed by atoms with Gasteiger partial charge in [-0.05, 0) is 38.5 Å². The van der Waals surface area contributed by atoms with Gasteiger partial charge in [0.1, 0.15) is 0 Å². The molecule has 3 nitrogen and oxygen atoms in total. The molecule has 0 aliphatic heterocycles. The molecule has 0 aliphatic carbocycles. The number of hydrogen-bond acceptors (Lipinski definition) is 2. The summed E-state index contributed by atoms with van der Waals surface area (Å²) in [6.07, 6.45) is 52.5. The van der Waals surface area contributed by atoms with Gasteiger partial charge < -0.3 is 14.4 Å². The van der Waals surface area contributed by atoms with Gasteiger partial charge in [-0.25, -0.2) is 0 Å². The molecular weight excluding hydrogens is 599 g/mol. The number of carbonyl (C=O) groups excluding carboxylic acids is 1. The molecule has 0 bridgehead atoms. The van der Waals surface area contributed by atoms with Crippen molar-refractivity contribution >= 4 is 5.97 Å². The second-order valence-corrected chi connectivity index (χ2v) is 16.5. The Kier molecular flexibility index (Phi) is 45.0. The van der Waals surface area contributed by atoms with Crippen LogP contribution < -0.4 is 5.11 Å². The van der Waals surface area contributed by atoms with Crippen LogP contribution in [0.4, 0.5) is 0 Å². The van der Waals surface area contributed by atoms with Gasteiger partial charge in [0.25, 0.3) is 0 Å². The molecule has 0 saturated heterocycles. The van der Waals surface area contributed by atoms with Crippen molar-refractivity contribution in [1.29, 1.82) is 0 Å². The summed E-state index contributed by atoms with van der Waals surface area (Å²) in [7, 11) is 4.94. The average Bonchev–Trinajstić information content (AvgIpc) is 3.08. The van der Waals surface area contributed by atoms with Crippen LogP contribution in [-0.4, -0.2) is 37.6 Å². The Labute approximate surface area is 311 Å². The summed E-state index contributed by atoms with van der Waals surface area (Å²) in [5, 5.41) is 9.92. The van der Waals surface area contributed by atoms with Crippen molar-refractivity contribution in [3.05, 3.63) is 0 Å². The lowest BCUT2D eigenvalue weighted by Crippen LogP contribution is -2.41. The summed E-state index contributed by atoms with van der Waals surface area (Å²) in [6, 6.07) is 0. The van der Waals surface area contributed by atoms with Crippen molar-refractivity contribution in [3.63, 3.8) is 0 Å². The SMILES string of the molecule is CCCCCCCC(=O)[O-].CCCCCCCCCCCCCCCCCC[N+](C)(C)CCCCCCCCCCCCCCCCCC. The number of aliphatic carboxylic acids is 1. The van der Waals surface area contributed by atoms with E-state index in [-0.39, 0.29) is 6.42 Å². The molecule has 0 heterocycles. The normalized spacial score (nSPS) is 11.5. The van der Waals surface area contributed by atoms with E-state index in [1.807, 2.05) is 0 Å².